The summed E-state index contributed by atoms with van der Waals surface area (Å²) in [6, 6.07) is 0. The highest BCUT2D eigenvalue weighted by atomic mass is 14.2. The van der Waals surface area contributed by atoms with Crippen molar-refractivity contribution in [3.05, 3.63) is 0 Å². The maximum absolute atomic E-state index is 2.35. The molecule has 1 saturated carbocycles. The zero-order chi connectivity index (χ0) is 9.52. The van der Waals surface area contributed by atoms with Crippen molar-refractivity contribution in [1.82, 2.24) is 0 Å². The Bertz CT molecular complexity index is 107. The van der Waals surface area contributed by atoms with Crippen LogP contribution in [0.25, 0.3) is 0 Å². The van der Waals surface area contributed by atoms with Gasteiger partial charge in [0, 0.05) is 0 Å². The Balaban J connectivity index is 2.14. The molecule has 0 saturated heterocycles. The van der Waals surface area contributed by atoms with E-state index in [0.717, 1.165) is 11.8 Å². The average molecular weight is 182 g/mol. The number of hydrogen-bond acceptors (Lipinski definition) is 0. The van der Waals surface area contributed by atoms with Gasteiger partial charge in [-0.05, 0) is 11.8 Å². The van der Waals surface area contributed by atoms with Crippen LogP contribution in [0.3, 0.4) is 0 Å². The first-order valence-corrected chi connectivity index (χ1v) is 6.29. The molecular formula is C13H26. The molecule has 0 aromatic carbocycles. The summed E-state index contributed by atoms with van der Waals surface area (Å²) in [5.41, 5.74) is 0. The van der Waals surface area contributed by atoms with E-state index >= 15 is 0 Å². The van der Waals surface area contributed by atoms with Crippen molar-refractivity contribution in [3.63, 3.8) is 0 Å². The summed E-state index contributed by atoms with van der Waals surface area (Å²) in [5.74, 6) is 1.98. The second-order valence-corrected chi connectivity index (χ2v) is 5.18. The van der Waals surface area contributed by atoms with Crippen LogP contribution in [0.5, 0.6) is 0 Å². The molecule has 0 unspecified atom stereocenters. The summed E-state index contributed by atoms with van der Waals surface area (Å²) in [7, 11) is 0. The molecule has 0 aliphatic heterocycles. The van der Waals surface area contributed by atoms with Gasteiger partial charge >= 0.3 is 0 Å². The average Bonchev–Trinajstić information content (AvgIpc) is 2.01. The molecule has 1 aliphatic rings. The fraction of sp³-hybridized carbons (Fsp3) is 1.00. The Hall–Kier alpha value is 0. The van der Waals surface area contributed by atoms with Crippen molar-refractivity contribution in [2.24, 2.45) is 11.8 Å². The first kappa shape index (κ1) is 11.1. The third kappa shape index (κ3) is 5.33. The lowest BCUT2D eigenvalue weighted by atomic mass is 9.86. The summed E-state index contributed by atoms with van der Waals surface area (Å²) in [6.07, 6.45) is 13.5. The molecule has 0 nitrogen and oxygen atoms in total. The highest BCUT2D eigenvalue weighted by molar-refractivity contribution is 4.64. The minimum absolute atomic E-state index is 0.908. The van der Waals surface area contributed by atoms with Crippen LogP contribution in [0.15, 0.2) is 0 Å². The molecule has 0 bridgehead atoms. The molecule has 0 heterocycles. The lowest BCUT2D eigenvalue weighted by Crippen LogP contribution is -2.05. The Morgan fingerprint density at radius 1 is 0.923 bits per heavy atom. The summed E-state index contributed by atoms with van der Waals surface area (Å²) in [4.78, 5) is 0. The topological polar surface area (TPSA) is 0 Å². The van der Waals surface area contributed by atoms with E-state index in [4.69, 9.17) is 0 Å². The second-order valence-electron chi connectivity index (χ2n) is 5.18. The molecule has 1 fully saturated rings. The van der Waals surface area contributed by atoms with Gasteiger partial charge in [-0.15, -0.1) is 0 Å². The molecule has 78 valence electrons. The van der Waals surface area contributed by atoms with Crippen molar-refractivity contribution >= 4 is 0 Å². The fourth-order valence-electron chi connectivity index (χ4n) is 2.40. The maximum Gasteiger partial charge on any atom is -0.0414 e. The smallest absolute Gasteiger partial charge is 0.0414 e. The molecule has 1 rings (SSSR count). The van der Waals surface area contributed by atoms with Gasteiger partial charge in [-0.3, -0.25) is 0 Å². The van der Waals surface area contributed by atoms with Gasteiger partial charge in [0.15, 0.2) is 0 Å². The zero-order valence-electron chi connectivity index (χ0n) is 9.52. The van der Waals surface area contributed by atoms with Crippen molar-refractivity contribution in [3.8, 4) is 0 Å². The molecule has 0 atom stereocenters. The Labute approximate surface area is 84.1 Å². The molecule has 0 N–H and O–H groups in total. The van der Waals surface area contributed by atoms with Crippen LogP contribution in [0.2, 0.25) is 0 Å². The molecule has 0 aromatic heterocycles. The van der Waals surface area contributed by atoms with Gasteiger partial charge in [-0.2, -0.15) is 0 Å². The first-order chi connectivity index (χ1) is 6.29. The minimum atomic E-state index is 0.908. The SMILES string of the molecule is CC(C)CCC1CCCCCCC1. The van der Waals surface area contributed by atoms with E-state index in [-0.39, 0.29) is 0 Å². The fourth-order valence-corrected chi connectivity index (χ4v) is 2.40. The van der Waals surface area contributed by atoms with Crippen molar-refractivity contribution in [1.29, 1.82) is 0 Å². The van der Waals surface area contributed by atoms with E-state index in [1.165, 1.54) is 57.8 Å². The molecular weight excluding hydrogens is 156 g/mol. The molecule has 0 amide bonds. The Morgan fingerprint density at radius 2 is 1.46 bits per heavy atom. The van der Waals surface area contributed by atoms with Crippen LogP contribution < -0.4 is 0 Å². The summed E-state index contributed by atoms with van der Waals surface area (Å²) in [5, 5.41) is 0. The predicted octanol–water partition coefficient (Wildman–Crippen LogP) is 4.78. The highest BCUT2D eigenvalue weighted by Gasteiger charge is 2.11. The summed E-state index contributed by atoms with van der Waals surface area (Å²) < 4.78 is 0. The number of hydrogen-bond donors (Lipinski definition) is 0. The largest absolute Gasteiger partial charge is 0.0628 e. The van der Waals surface area contributed by atoms with E-state index in [1.54, 1.807) is 0 Å². The zero-order valence-corrected chi connectivity index (χ0v) is 9.52. The lowest BCUT2D eigenvalue weighted by molar-refractivity contribution is 0.335. The van der Waals surface area contributed by atoms with Crippen LogP contribution in [0.4, 0.5) is 0 Å². The molecule has 1 aliphatic carbocycles. The maximum atomic E-state index is 2.35. The van der Waals surface area contributed by atoms with Gasteiger partial charge in [-0.25, -0.2) is 0 Å². The molecule has 0 aromatic rings. The third-order valence-electron chi connectivity index (χ3n) is 3.38. The van der Waals surface area contributed by atoms with Gasteiger partial charge in [0.05, 0.1) is 0 Å². The van der Waals surface area contributed by atoms with Crippen molar-refractivity contribution in [2.45, 2.75) is 71.6 Å². The van der Waals surface area contributed by atoms with Crippen LogP contribution in [-0.2, 0) is 0 Å². The standard InChI is InChI=1S/C13H26/c1-12(2)10-11-13-8-6-4-3-5-7-9-13/h12-13H,3-11H2,1-2H3. The predicted molar refractivity (Wildman–Crippen MR) is 59.9 cm³/mol. The quantitative estimate of drug-likeness (QED) is 0.589. The van der Waals surface area contributed by atoms with Crippen LogP contribution in [0.1, 0.15) is 71.6 Å². The Morgan fingerprint density at radius 3 is 2.00 bits per heavy atom. The van der Waals surface area contributed by atoms with Gasteiger partial charge in [0.2, 0.25) is 0 Å². The van der Waals surface area contributed by atoms with Gasteiger partial charge in [0.25, 0.3) is 0 Å². The van der Waals surface area contributed by atoms with Crippen LogP contribution >= 0.6 is 0 Å². The molecule has 13 heavy (non-hydrogen) atoms. The van der Waals surface area contributed by atoms with E-state index in [0.29, 0.717) is 0 Å². The van der Waals surface area contributed by atoms with Gasteiger partial charge in [0.1, 0.15) is 0 Å². The van der Waals surface area contributed by atoms with Gasteiger partial charge < -0.3 is 0 Å². The van der Waals surface area contributed by atoms with E-state index in [9.17, 15) is 0 Å². The molecule has 0 spiro atoms. The third-order valence-corrected chi connectivity index (χ3v) is 3.38. The first-order valence-electron chi connectivity index (χ1n) is 6.29. The highest BCUT2D eigenvalue weighted by Crippen LogP contribution is 2.26. The monoisotopic (exact) mass is 182 g/mol. The molecule has 0 radical (unpaired) electrons. The summed E-state index contributed by atoms with van der Waals surface area (Å²) >= 11 is 0. The lowest BCUT2D eigenvalue weighted by Gasteiger charge is -2.20. The number of rotatable bonds is 3. The van der Waals surface area contributed by atoms with Crippen molar-refractivity contribution in [2.75, 3.05) is 0 Å². The second kappa shape index (κ2) is 6.45. The van der Waals surface area contributed by atoms with E-state index < -0.39 is 0 Å². The van der Waals surface area contributed by atoms with E-state index in [2.05, 4.69) is 13.8 Å². The Kier molecular flexibility index (Phi) is 5.50. The minimum Gasteiger partial charge on any atom is -0.0628 e. The van der Waals surface area contributed by atoms with Crippen LogP contribution in [0, 0.1) is 11.8 Å². The van der Waals surface area contributed by atoms with Gasteiger partial charge in [-0.1, -0.05) is 71.6 Å². The van der Waals surface area contributed by atoms with Crippen molar-refractivity contribution < 1.29 is 0 Å². The molecule has 0 heteroatoms. The normalized spacial score (nSPS) is 21.5. The van der Waals surface area contributed by atoms with E-state index in [1.807, 2.05) is 0 Å². The van der Waals surface area contributed by atoms with Crippen LogP contribution in [-0.4, -0.2) is 0 Å². The summed E-state index contributed by atoms with van der Waals surface area (Å²) in [6.45, 7) is 4.70.